The third-order valence-electron chi connectivity index (χ3n) is 8.58. The molecule has 1 aromatic carbocycles. The van der Waals surface area contributed by atoms with Gasteiger partial charge in [-0.15, -0.1) is 0 Å². The Morgan fingerprint density at radius 3 is 2.28 bits per heavy atom. The summed E-state index contributed by atoms with van der Waals surface area (Å²) in [6.07, 6.45) is 0. The fraction of sp³-hybridized carbons (Fsp3) is 0.552. The molecule has 10 nitrogen and oxygen atoms in total. The van der Waals surface area contributed by atoms with Crippen LogP contribution >= 0.6 is 0 Å². The standard InChI is InChI=1S/C29H39N3O7/c1-12-15-9-8-14(10-31-11-28(3,4)5)22(33)17(15)23(34)18-16(12)13(2)20-21(32(6)7)24(35)19(27(30)38)26(37)29(20,39)25(18)36/h8-9,12-13,16,20-21,31,33-34,37,39H,10-11H2,1-7H3,(H2,30,38)/t12-,13-,16-,20-,21-,29-/m0/s1. The number of aliphatic hydroxyl groups is 3. The van der Waals surface area contributed by atoms with Gasteiger partial charge in [-0.05, 0) is 36.9 Å². The van der Waals surface area contributed by atoms with Crippen molar-refractivity contribution in [2.45, 2.75) is 58.7 Å². The summed E-state index contributed by atoms with van der Waals surface area (Å²) in [5, 5.41) is 49.0. The molecule has 1 saturated carbocycles. The summed E-state index contributed by atoms with van der Waals surface area (Å²) in [6, 6.07) is 2.47. The third-order valence-corrected chi connectivity index (χ3v) is 8.58. The fourth-order valence-electron chi connectivity index (χ4n) is 6.86. The third kappa shape index (κ3) is 4.16. The van der Waals surface area contributed by atoms with Gasteiger partial charge in [0.1, 0.15) is 22.8 Å². The molecule has 212 valence electrons. The Balaban J connectivity index is 1.92. The lowest BCUT2D eigenvalue weighted by Crippen LogP contribution is -2.68. The van der Waals surface area contributed by atoms with Gasteiger partial charge in [-0.25, -0.2) is 0 Å². The second kappa shape index (κ2) is 9.46. The number of phenolic OH excluding ortho intramolecular Hbond substituents is 1. The maximum atomic E-state index is 14.1. The van der Waals surface area contributed by atoms with Crippen molar-refractivity contribution in [1.29, 1.82) is 0 Å². The Bertz CT molecular complexity index is 1320. The summed E-state index contributed by atoms with van der Waals surface area (Å²) in [6.45, 7) is 10.8. The van der Waals surface area contributed by atoms with E-state index in [0.717, 1.165) is 0 Å². The number of amides is 1. The lowest BCUT2D eigenvalue weighted by molar-refractivity contribution is -0.160. The summed E-state index contributed by atoms with van der Waals surface area (Å²) in [5.74, 6) is -7.59. The predicted octanol–water partition coefficient (Wildman–Crippen LogP) is 1.91. The molecular formula is C29H39N3O7. The predicted molar refractivity (Wildman–Crippen MR) is 145 cm³/mol. The Labute approximate surface area is 228 Å². The molecule has 10 heteroatoms. The summed E-state index contributed by atoms with van der Waals surface area (Å²) < 4.78 is 0. The number of aliphatic hydroxyl groups excluding tert-OH is 2. The molecule has 0 heterocycles. The molecule has 0 bridgehead atoms. The molecule has 3 aliphatic rings. The number of rotatable bonds is 5. The summed E-state index contributed by atoms with van der Waals surface area (Å²) >= 11 is 0. The highest BCUT2D eigenvalue weighted by molar-refractivity contribution is 6.24. The van der Waals surface area contributed by atoms with Gasteiger partial charge < -0.3 is 31.5 Å². The van der Waals surface area contributed by atoms with Crippen LogP contribution in [0.1, 0.15) is 57.2 Å². The van der Waals surface area contributed by atoms with E-state index in [9.17, 15) is 34.8 Å². The van der Waals surface area contributed by atoms with Gasteiger partial charge in [-0.2, -0.15) is 0 Å². The number of nitrogens with zero attached hydrogens (tertiary/aromatic N) is 1. The number of carbonyl (C=O) groups is 3. The van der Waals surface area contributed by atoms with Gasteiger partial charge in [0, 0.05) is 36.1 Å². The summed E-state index contributed by atoms with van der Waals surface area (Å²) in [5.41, 5.74) is 3.01. The molecule has 1 fully saturated rings. The van der Waals surface area contributed by atoms with Crippen LogP contribution in [-0.2, 0) is 20.9 Å². The summed E-state index contributed by atoms with van der Waals surface area (Å²) in [4.78, 5) is 41.1. The van der Waals surface area contributed by atoms with E-state index in [4.69, 9.17) is 5.73 Å². The van der Waals surface area contributed by atoms with E-state index in [1.807, 2.05) is 13.0 Å². The second-order valence-electron chi connectivity index (χ2n) is 12.6. The van der Waals surface area contributed by atoms with Gasteiger partial charge in [0.2, 0.25) is 5.78 Å². The molecule has 4 rings (SSSR count). The number of hydrogen-bond acceptors (Lipinski definition) is 9. The normalized spacial score (nSPS) is 30.8. The number of benzene rings is 1. The Hall–Kier alpha value is -3.21. The molecule has 39 heavy (non-hydrogen) atoms. The number of aromatic hydroxyl groups is 1. The molecule has 6 atom stereocenters. The molecule has 0 unspecified atom stereocenters. The number of likely N-dealkylation sites (N-methyl/N-ethyl adjacent to an activating group) is 1. The first-order chi connectivity index (χ1) is 18.0. The Morgan fingerprint density at radius 1 is 1.13 bits per heavy atom. The van der Waals surface area contributed by atoms with Crippen LogP contribution < -0.4 is 11.1 Å². The van der Waals surface area contributed by atoms with Crippen LogP contribution in [-0.4, -0.2) is 75.1 Å². The zero-order valence-corrected chi connectivity index (χ0v) is 23.5. The van der Waals surface area contributed by atoms with Crippen LogP contribution in [0.15, 0.2) is 29.0 Å². The minimum atomic E-state index is -2.68. The average molecular weight is 542 g/mol. The second-order valence-corrected chi connectivity index (χ2v) is 12.6. The molecular weight excluding hydrogens is 502 g/mol. The highest BCUT2D eigenvalue weighted by Crippen LogP contribution is 2.58. The van der Waals surface area contributed by atoms with Crippen LogP contribution in [0.5, 0.6) is 5.75 Å². The number of phenols is 1. The van der Waals surface area contributed by atoms with Crippen molar-refractivity contribution in [3.05, 3.63) is 45.7 Å². The van der Waals surface area contributed by atoms with E-state index in [0.29, 0.717) is 24.2 Å². The quantitative estimate of drug-likeness (QED) is 0.304. The van der Waals surface area contributed by atoms with E-state index in [1.165, 1.54) is 4.90 Å². The molecule has 7 N–H and O–H groups in total. The van der Waals surface area contributed by atoms with Gasteiger partial charge in [-0.3, -0.25) is 19.3 Å². The monoisotopic (exact) mass is 541 g/mol. The zero-order chi connectivity index (χ0) is 29.4. The number of fused-ring (bicyclic) bond motifs is 3. The van der Waals surface area contributed by atoms with Crippen molar-refractivity contribution in [2.75, 3.05) is 20.6 Å². The number of ketones is 2. The van der Waals surface area contributed by atoms with E-state index >= 15 is 0 Å². The summed E-state index contributed by atoms with van der Waals surface area (Å²) in [7, 11) is 3.16. The van der Waals surface area contributed by atoms with Gasteiger partial charge in [-0.1, -0.05) is 46.8 Å². The van der Waals surface area contributed by atoms with Gasteiger partial charge in [0.05, 0.1) is 11.6 Å². The molecule has 0 radical (unpaired) electrons. The molecule has 0 saturated heterocycles. The fourth-order valence-corrected chi connectivity index (χ4v) is 6.86. The lowest BCUT2D eigenvalue weighted by Gasteiger charge is -2.54. The largest absolute Gasteiger partial charge is 0.508 e. The van der Waals surface area contributed by atoms with Crippen molar-refractivity contribution in [3.8, 4) is 5.75 Å². The number of nitrogens with two attached hydrogens (primary N) is 1. The first kappa shape index (κ1) is 28.8. The van der Waals surface area contributed by atoms with Crippen molar-refractivity contribution < 1.29 is 34.8 Å². The van der Waals surface area contributed by atoms with Crippen molar-refractivity contribution >= 4 is 23.2 Å². The van der Waals surface area contributed by atoms with Crippen molar-refractivity contribution in [2.24, 2.45) is 28.9 Å². The topological polar surface area (TPSA) is 173 Å². The van der Waals surface area contributed by atoms with E-state index < -0.39 is 69.9 Å². The first-order valence-corrected chi connectivity index (χ1v) is 13.2. The van der Waals surface area contributed by atoms with Crippen LogP contribution in [0.4, 0.5) is 0 Å². The highest BCUT2D eigenvalue weighted by Gasteiger charge is 2.67. The van der Waals surface area contributed by atoms with E-state index in [1.54, 1.807) is 27.1 Å². The lowest BCUT2D eigenvalue weighted by atomic mass is 9.51. The molecule has 1 amide bonds. The minimum Gasteiger partial charge on any atom is -0.508 e. The highest BCUT2D eigenvalue weighted by atomic mass is 16.3. The van der Waals surface area contributed by atoms with Crippen molar-refractivity contribution in [3.63, 3.8) is 0 Å². The number of Topliss-reactive ketones (excluding diaryl/α,β-unsaturated/α-hetero) is 2. The molecule has 0 aliphatic heterocycles. The number of nitrogens with one attached hydrogen (secondary N) is 1. The van der Waals surface area contributed by atoms with Crippen LogP contribution in [0.3, 0.4) is 0 Å². The van der Waals surface area contributed by atoms with Crippen LogP contribution in [0, 0.1) is 23.2 Å². The molecule has 0 aromatic heterocycles. The Morgan fingerprint density at radius 2 is 1.74 bits per heavy atom. The maximum Gasteiger partial charge on any atom is 0.255 e. The smallest absolute Gasteiger partial charge is 0.255 e. The van der Waals surface area contributed by atoms with Crippen LogP contribution in [0.25, 0.3) is 5.76 Å². The van der Waals surface area contributed by atoms with E-state index in [-0.39, 0.29) is 22.3 Å². The molecule has 1 aromatic rings. The van der Waals surface area contributed by atoms with Gasteiger partial charge in [0.25, 0.3) is 5.91 Å². The number of primary amides is 1. The maximum absolute atomic E-state index is 14.1. The van der Waals surface area contributed by atoms with Gasteiger partial charge in [0.15, 0.2) is 11.4 Å². The van der Waals surface area contributed by atoms with Crippen molar-refractivity contribution in [1.82, 2.24) is 10.2 Å². The van der Waals surface area contributed by atoms with E-state index in [2.05, 4.69) is 26.1 Å². The number of carbonyl (C=O) groups excluding carboxylic acids is 3. The minimum absolute atomic E-state index is 0.0113. The van der Waals surface area contributed by atoms with Gasteiger partial charge >= 0.3 is 0 Å². The first-order valence-electron chi connectivity index (χ1n) is 13.2. The molecule has 3 aliphatic carbocycles. The zero-order valence-electron chi connectivity index (χ0n) is 23.5. The average Bonchev–Trinajstić information content (AvgIpc) is 2.81. The number of hydrogen-bond donors (Lipinski definition) is 6. The SMILES string of the molecule is C[C@H]1[C@H]2C(=C(O)c3c(ccc(CNCC(C)(C)C)c3O)[C@@H]2C)C(=O)[C@]2(O)C(O)=C(C(N)=O)C(=O)[C@@H](N(C)C)[C@H]12. The van der Waals surface area contributed by atoms with Crippen LogP contribution in [0.2, 0.25) is 0 Å². The molecule has 0 spiro atoms. The Kier molecular flexibility index (Phi) is 6.99.